The summed E-state index contributed by atoms with van der Waals surface area (Å²) in [6, 6.07) is 18.2. The van der Waals surface area contributed by atoms with E-state index in [2.05, 4.69) is 34.7 Å². The smallest absolute Gasteiger partial charge is 0.120 e. The molecule has 4 nitrogen and oxygen atoms in total. The molecule has 0 amide bonds. The predicted octanol–water partition coefficient (Wildman–Crippen LogP) is 4.74. The molecule has 30 heavy (non-hydrogen) atoms. The van der Waals surface area contributed by atoms with Crippen LogP contribution in [0.15, 0.2) is 73.4 Å². The number of benzene rings is 2. The van der Waals surface area contributed by atoms with Gasteiger partial charge in [0.1, 0.15) is 12.4 Å². The van der Waals surface area contributed by atoms with Crippen LogP contribution in [0.3, 0.4) is 0 Å². The number of rotatable bonds is 6. The minimum absolute atomic E-state index is 0.152. The maximum atomic E-state index is 11.4. The van der Waals surface area contributed by atoms with Gasteiger partial charge >= 0.3 is 0 Å². The molecule has 3 fully saturated rings. The lowest BCUT2D eigenvalue weighted by Crippen LogP contribution is -2.54. The van der Waals surface area contributed by atoms with E-state index in [4.69, 9.17) is 4.74 Å². The van der Waals surface area contributed by atoms with Crippen LogP contribution in [-0.4, -0.2) is 34.1 Å². The molecule has 0 saturated carbocycles. The van der Waals surface area contributed by atoms with E-state index in [1.54, 1.807) is 6.20 Å². The third kappa shape index (κ3) is 3.62. The normalized spacial score (nSPS) is 26.4. The van der Waals surface area contributed by atoms with Gasteiger partial charge in [0.25, 0.3) is 0 Å². The summed E-state index contributed by atoms with van der Waals surface area (Å²) in [5.41, 5.74) is 2.96. The third-order valence-electron chi connectivity index (χ3n) is 6.83. The average molecular weight is 401 g/mol. The summed E-state index contributed by atoms with van der Waals surface area (Å²) in [7, 11) is 0. The zero-order valence-corrected chi connectivity index (χ0v) is 17.2. The highest BCUT2D eigenvalue weighted by Crippen LogP contribution is 2.42. The summed E-state index contributed by atoms with van der Waals surface area (Å²) in [6.07, 6.45) is 5.58. The molecule has 6 rings (SSSR count). The van der Waals surface area contributed by atoms with Crippen molar-refractivity contribution >= 4 is 10.9 Å². The maximum absolute atomic E-state index is 11.4. The van der Waals surface area contributed by atoms with E-state index in [9.17, 15) is 5.11 Å². The molecule has 1 N–H and O–H groups in total. The number of pyridine rings is 1. The number of aromatic nitrogens is 1. The van der Waals surface area contributed by atoms with E-state index in [1.807, 2.05) is 42.5 Å². The van der Waals surface area contributed by atoms with Crippen molar-refractivity contribution in [1.82, 2.24) is 9.88 Å². The number of piperidine rings is 3. The van der Waals surface area contributed by atoms with E-state index in [0.29, 0.717) is 18.4 Å². The Labute approximate surface area is 177 Å². The largest absolute Gasteiger partial charge is 0.489 e. The fraction of sp³-hybridized carbons (Fsp3) is 0.346. The van der Waals surface area contributed by atoms with Crippen LogP contribution >= 0.6 is 0 Å². The highest BCUT2D eigenvalue weighted by molar-refractivity contribution is 5.84. The van der Waals surface area contributed by atoms with E-state index in [-0.39, 0.29) is 6.04 Å². The molecule has 3 aliphatic heterocycles. The van der Waals surface area contributed by atoms with Crippen molar-refractivity contribution in [3.05, 3.63) is 84.6 Å². The molecule has 0 spiro atoms. The average Bonchev–Trinajstić information content (AvgIpc) is 2.82. The van der Waals surface area contributed by atoms with E-state index in [1.165, 1.54) is 6.42 Å². The van der Waals surface area contributed by atoms with Gasteiger partial charge in [-0.15, -0.1) is 6.58 Å². The number of hydrogen-bond acceptors (Lipinski definition) is 4. The van der Waals surface area contributed by atoms with Crippen LogP contribution in [0.25, 0.3) is 10.9 Å². The summed E-state index contributed by atoms with van der Waals surface area (Å²) >= 11 is 0. The predicted molar refractivity (Wildman–Crippen MR) is 119 cm³/mol. The van der Waals surface area contributed by atoms with Gasteiger partial charge in [0.15, 0.2) is 0 Å². The van der Waals surface area contributed by atoms with Gasteiger partial charge in [-0.1, -0.05) is 36.4 Å². The second-order valence-corrected chi connectivity index (χ2v) is 8.54. The van der Waals surface area contributed by atoms with Gasteiger partial charge in [-0.2, -0.15) is 0 Å². The highest BCUT2D eigenvalue weighted by atomic mass is 16.5. The lowest BCUT2D eigenvalue weighted by Gasteiger charge is -2.50. The van der Waals surface area contributed by atoms with Crippen molar-refractivity contribution in [3.63, 3.8) is 0 Å². The number of aliphatic hydroxyl groups is 1. The van der Waals surface area contributed by atoms with Crippen LogP contribution in [0.4, 0.5) is 0 Å². The molecule has 0 radical (unpaired) electrons. The standard InChI is InChI=1S/C26H28N2O2/c1-2-19-16-28-13-11-20(19)14-25(28)26(29)22-10-12-27-24-9-8-21(15-23(22)24)30-17-18-6-4-3-5-7-18/h2-10,12,15,19-20,25-26,29H,1,11,13-14,16-17H2/t19-,20-,25-,26+/m0/s1. The summed E-state index contributed by atoms with van der Waals surface area (Å²) in [4.78, 5) is 6.95. The fourth-order valence-electron chi connectivity index (χ4n) is 5.15. The molecule has 2 bridgehead atoms. The summed E-state index contributed by atoms with van der Waals surface area (Å²) in [5.74, 6) is 1.98. The highest BCUT2D eigenvalue weighted by Gasteiger charge is 2.42. The molecule has 4 heterocycles. The molecular weight excluding hydrogens is 372 g/mol. The van der Waals surface area contributed by atoms with Gasteiger partial charge < -0.3 is 9.84 Å². The zero-order chi connectivity index (χ0) is 20.5. The van der Waals surface area contributed by atoms with Gasteiger partial charge in [0.2, 0.25) is 0 Å². The number of nitrogens with zero attached hydrogens (tertiary/aromatic N) is 2. The van der Waals surface area contributed by atoms with Crippen molar-refractivity contribution in [3.8, 4) is 5.75 Å². The Bertz CT molecular complexity index is 1040. The Morgan fingerprint density at radius 2 is 2.07 bits per heavy atom. The fourth-order valence-corrected chi connectivity index (χ4v) is 5.15. The first-order valence-electron chi connectivity index (χ1n) is 10.8. The van der Waals surface area contributed by atoms with Crippen LogP contribution in [0.1, 0.15) is 30.1 Å². The summed E-state index contributed by atoms with van der Waals surface area (Å²) < 4.78 is 6.03. The molecule has 3 saturated heterocycles. The van der Waals surface area contributed by atoms with Gasteiger partial charge in [-0.25, -0.2) is 0 Å². The maximum Gasteiger partial charge on any atom is 0.120 e. The Morgan fingerprint density at radius 3 is 2.83 bits per heavy atom. The molecule has 154 valence electrons. The first-order chi connectivity index (χ1) is 14.7. The van der Waals surface area contributed by atoms with Crippen LogP contribution in [0.5, 0.6) is 5.75 Å². The minimum Gasteiger partial charge on any atom is -0.489 e. The second kappa shape index (κ2) is 8.21. The van der Waals surface area contributed by atoms with Crippen molar-refractivity contribution < 1.29 is 9.84 Å². The third-order valence-corrected chi connectivity index (χ3v) is 6.83. The topological polar surface area (TPSA) is 45.6 Å². The summed E-state index contributed by atoms with van der Waals surface area (Å²) in [6.45, 7) is 6.59. The van der Waals surface area contributed by atoms with Gasteiger partial charge in [0, 0.05) is 24.2 Å². The Morgan fingerprint density at radius 1 is 1.20 bits per heavy atom. The van der Waals surface area contributed by atoms with Crippen LogP contribution < -0.4 is 4.74 Å². The zero-order valence-electron chi connectivity index (χ0n) is 17.2. The Kier molecular flexibility index (Phi) is 5.28. The lowest BCUT2D eigenvalue weighted by atomic mass is 9.73. The van der Waals surface area contributed by atoms with Crippen molar-refractivity contribution in [2.45, 2.75) is 31.6 Å². The Hall–Kier alpha value is -2.69. The number of fused-ring (bicyclic) bond motifs is 4. The molecule has 3 aromatic rings. The number of hydrogen-bond donors (Lipinski definition) is 1. The minimum atomic E-state index is -0.534. The van der Waals surface area contributed by atoms with Crippen LogP contribution in [0.2, 0.25) is 0 Å². The van der Waals surface area contributed by atoms with Crippen LogP contribution in [-0.2, 0) is 6.61 Å². The molecular formula is C26H28N2O2. The molecule has 3 aliphatic rings. The van der Waals surface area contributed by atoms with Crippen molar-refractivity contribution in [1.29, 1.82) is 0 Å². The van der Waals surface area contributed by atoms with E-state index >= 15 is 0 Å². The van der Waals surface area contributed by atoms with Gasteiger partial charge in [0.05, 0.1) is 11.6 Å². The summed E-state index contributed by atoms with van der Waals surface area (Å²) in [5, 5.41) is 12.4. The number of aliphatic hydroxyl groups excluding tert-OH is 1. The molecule has 1 unspecified atom stereocenters. The van der Waals surface area contributed by atoms with Crippen molar-refractivity contribution in [2.24, 2.45) is 11.8 Å². The molecule has 0 aliphatic carbocycles. The first-order valence-corrected chi connectivity index (χ1v) is 10.8. The number of ether oxygens (including phenoxy) is 1. The van der Waals surface area contributed by atoms with Gasteiger partial charge in [-0.3, -0.25) is 9.88 Å². The Balaban J connectivity index is 1.40. The molecule has 4 heteroatoms. The first kappa shape index (κ1) is 19.3. The molecule has 1 aromatic heterocycles. The molecule has 2 aromatic carbocycles. The monoisotopic (exact) mass is 400 g/mol. The van der Waals surface area contributed by atoms with Gasteiger partial charge in [-0.05, 0) is 66.6 Å². The van der Waals surface area contributed by atoms with E-state index < -0.39 is 6.10 Å². The second-order valence-electron chi connectivity index (χ2n) is 8.54. The van der Waals surface area contributed by atoms with E-state index in [0.717, 1.165) is 47.3 Å². The molecule has 5 atom stereocenters. The van der Waals surface area contributed by atoms with Crippen LogP contribution in [0, 0.1) is 11.8 Å². The SMILES string of the molecule is C=C[C@H]1CN2CC[C@H]1C[C@H]2[C@H](O)c1ccnc2ccc(OCc3ccccc3)cc12. The lowest BCUT2D eigenvalue weighted by molar-refractivity contribution is -0.0444. The van der Waals surface area contributed by atoms with Crippen molar-refractivity contribution in [2.75, 3.05) is 13.1 Å². The quantitative estimate of drug-likeness (QED) is 0.607.